The zero-order chi connectivity index (χ0) is 31.0. The van der Waals surface area contributed by atoms with Crippen molar-refractivity contribution in [3.8, 4) is 11.1 Å². The Kier molecular flexibility index (Phi) is 8.76. The predicted molar refractivity (Wildman–Crippen MR) is 163 cm³/mol. The van der Waals surface area contributed by atoms with Gasteiger partial charge in [-0.05, 0) is 80.7 Å². The van der Waals surface area contributed by atoms with Crippen molar-refractivity contribution in [1.82, 2.24) is 5.32 Å². The molecule has 6 rings (SSSR count). The first-order valence-corrected chi connectivity index (χ1v) is 16.0. The first-order chi connectivity index (χ1) is 21.1. The van der Waals surface area contributed by atoms with Crippen LogP contribution in [0, 0.1) is 5.92 Å². The summed E-state index contributed by atoms with van der Waals surface area (Å²) in [6, 6.07) is 13.3. The summed E-state index contributed by atoms with van der Waals surface area (Å²) in [7, 11) is 0. The number of amides is 1. The van der Waals surface area contributed by atoms with Crippen LogP contribution in [0.25, 0.3) is 11.1 Å². The highest BCUT2D eigenvalue weighted by Gasteiger charge is 2.62. The van der Waals surface area contributed by atoms with Crippen molar-refractivity contribution in [3.63, 3.8) is 0 Å². The van der Waals surface area contributed by atoms with Gasteiger partial charge in [-0.25, -0.2) is 9.59 Å². The average molecular weight is 608 g/mol. The van der Waals surface area contributed by atoms with E-state index in [1.807, 2.05) is 31.2 Å². The molecule has 0 radical (unpaired) electrons. The van der Waals surface area contributed by atoms with Crippen molar-refractivity contribution < 1.29 is 38.0 Å². The molecule has 9 heteroatoms. The first kappa shape index (κ1) is 31.0. The van der Waals surface area contributed by atoms with Crippen molar-refractivity contribution in [2.45, 2.75) is 109 Å². The maximum Gasteiger partial charge on any atom is 0.408 e. The molecule has 0 saturated carbocycles. The predicted octanol–water partition coefficient (Wildman–Crippen LogP) is 6.04. The summed E-state index contributed by atoms with van der Waals surface area (Å²) >= 11 is 0. The van der Waals surface area contributed by atoms with E-state index in [-0.39, 0.29) is 13.2 Å². The largest absolute Gasteiger partial charge is 0.458 e. The molecule has 4 aliphatic rings. The smallest absolute Gasteiger partial charge is 0.408 e. The highest BCUT2D eigenvalue weighted by Crippen LogP contribution is 2.48. The Morgan fingerprint density at radius 2 is 1.64 bits per heavy atom. The zero-order valence-corrected chi connectivity index (χ0v) is 26.3. The number of carbonyl (C=O) groups excluding carboxylic acids is 2. The van der Waals surface area contributed by atoms with E-state index in [0.29, 0.717) is 26.1 Å². The number of benzene rings is 2. The fourth-order valence-corrected chi connectivity index (χ4v) is 6.96. The molecule has 238 valence electrons. The van der Waals surface area contributed by atoms with Crippen LogP contribution in [0.4, 0.5) is 4.79 Å². The molecule has 1 amide bonds. The third kappa shape index (κ3) is 6.12. The van der Waals surface area contributed by atoms with E-state index in [4.69, 9.17) is 28.4 Å². The maximum absolute atomic E-state index is 13.6. The second-order valence-electron chi connectivity index (χ2n) is 13.5. The Hall–Kier alpha value is -2.98. The molecule has 2 unspecified atom stereocenters. The number of carbonyl (C=O) groups is 2. The number of nitrogens with one attached hydrogen (secondary N) is 1. The number of fused-ring (bicyclic) bond motifs is 4. The molecule has 0 aromatic heterocycles. The molecule has 9 nitrogen and oxygen atoms in total. The molecule has 3 saturated heterocycles. The summed E-state index contributed by atoms with van der Waals surface area (Å²) in [6.45, 7) is 8.66. The summed E-state index contributed by atoms with van der Waals surface area (Å²) in [6.07, 6.45) is 4.63. The summed E-state index contributed by atoms with van der Waals surface area (Å²) in [4.78, 5) is 26.8. The van der Waals surface area contributed by atoms with Crippen LogP contribution >= 0.6 is 0 Å². The van der Waals surface area contributed by atoms with E-state index in [9.17, 15) is 9.59 Å². The molecule has 1 aliphatic carbocycles. The fraction of sp³-hybridized carbons (Fsp3) is 0.600. The minimum absolute atomic E-state index is 0.0816. The lowest BCUT2D eigenvalue weighted by atomic mass is 9.87. The lowest BCUT2D eigenvalue weighted by molar-refractivity contribution is -0.469. The van der Waals surface area contributed by atoms with Gasteiger partial charge in [0.15, 0.2) is 0 Å². The summed E-state index contributed by atoms with van der Waals surface area (Å²) < 4.78 is 37.3. The Bertz CT molecular complexity index is 1350. The average Bonchev–Trinajstić information content (AvgIpc) is 3.39. The Labute approximate surface area is 259 Å². The van der Waals surface area contributed by atoms with Crippen molar-refractivity contribution >= 4 is 12.1 Å². The Morgan fingerprint density at radius 1 is 0.932 bits per heavy atom. The van der Waals surface area contributed by atoms with Gasteiger partial charge < -0.3 is 33.7 Å². The third-order valence-corrected chi connectivity index (χ3v) is 9.23. The number of hydrogen-bond donors (Lipinski definition) is 1. The van der Waals surface area contributed by atoms with Crippen molar-refractivity contribution in [1.29, 1.82) is 0 Å². The van der Waals surface area contributed by atoms with Crippen LogP contribution in [-0.4, -0.2) is 61.2 Å². The van der Waals surface area contributed by atoms with Gasteiger partial charge in [-0.15, -0.1) is 0 Å². The maximum atomic E-state index is 13.6. The molecule has 44 heavy (non-hydrogen) atoms. The van der Waals surface area contributed by atoms with Crippen LogP contribution in [0.15, 0.2) is 42.5 Å². The second-order valence-corrected chi connectivity index (χ2v) is 13.5. The molecule has 2 aromatic rings. The van der Waals surface area contributed by atoms with Gasteiger partial charge in [0.2, 0.25) is 11.6 Å². The van der Waals surface area contributed by atoms with E-state index in [0.717, 1.165) is 48.8 Å². The highest BCUT2D eigenvalue weighted by atomic mass is 16.8. The third-order valence-electron chi connectivity index (χ3n) is 9.23. The Balaban J connectivity index is 1.17. The van der Waals surface area contributed by atoms with E-state index in [1.165, 1.54) is 11.1 Å². The van der Waals surface area contributed by atoms with Crippen molar-refractivity contribution in [3.05, 3.63) is 59.2 Å². The molecule has 2 spiro atoms. The summed E-state index contributed by atoms with van der Waals surface area (Å²) in [5, 5.41) is 2.81. The van der Waals surface area contributed by atoms with Gasteiger partial charge in [0, 0.05) is 18.8 Å². The summed E-state index contributed by atoms with van der Waals surface area (Å²) in [5.41, 5.74) is 4.97. The van der Waals surface area contributed by atoms with Crippen molar-refractivity contribution in [2.75, 3.05) is 19.8 Å². The van der Waals surface area contributed by atoms with Crippen LogP contribution in [0.1, 0.15) is 82.9 Å². The van der Waals surface area contributed by atoms with Crippen LogP contribution in [0.2, 0.25) is 0 Å². The van der Waals surface area contributed by atoms with Gasteiger partial charge in [0.1, 0.15) is 18.2 Å². The highest BCUT2D eigenvalue weighted by molar-refractivity contribution is 5.82. The van der Waals surface area contributed by atoms with Crippen LogP contribution in [0.3, 0.4) is 0 Å². The molecule has 1 N–H and O–H groups in total. The molecule has 3 aliphatic heterocycles. The van der Waals surface area contributed by atoms with Gasteiger partial charge in [0.25, 0.3) is 0 Å². The molecular weight excluding hydrogens is 562 g/mol. The fourth-order valence-electron chi connectivity index (χ4n) is 6.96. The lowest BCUT2D eigenvalue weighted by Gasteiger charge is -2.56. The van der Waals surface area contributed by atoms with Crippen LogP contribution in [0.5, 0.6) is 0 Å². The summed E-state index contributed by atoms with van der Waals surface area (Å²) in [5.74, 6) is -3.11. The van der Waals surface area contributed by atoms with Crippen LogP contribution in [-0.2, 0) is 46.2 Å². The van der Waals surface area contributed by atoms with Gasteiger partial charge in [-0.3, -0.25) is 0 Å². The number of esters is 1. The van der Waals surface area contributed by atoms with Crippen LogP contribution < -0.4 is 5.32 Å². The normalized spacial score (nSPS) is 27.7. The molecule has 5 atom stereocenters. The van der Waals surface area contributed by atoms with E-state index in [1.54, 1.807) is 20.8 Å². The van der Waals surface area contributed by atoms with Crippen molar-refractivity contribution in [2.24, 2.45) is 5.92 Å². The monoisotopic (exact) mass is 607 g/mol. The number of hydrogen-bond acceptors (Lipinski definition) is 8. The van der Waals surface area contributed by atoms with Gasteiger partial charge >= 0.3 is 12.1 Å². The van der Waals surface area contributed by atoms with Gasteiger partial charge in [-0.1, -0.05) is 49.4 Å². The SMILES string of the molecule is C[C@@H]([C@@H]1COC2(CCCCO2)C2(CCCCO2)O1)[C@H](NC(=O)OCc1cccc2c1Cc1ccccc1-2)C(=O)OC(C)(C)C. The molecular formula is C35H45NO8. The standard InChI is InChI=1S/C35H45NO8/c1-23(29-22-42-34(16-7-9-18-40-34)35(43-29)17-8-10-19-41-35)30(31(37)44-33(2,3)4)36-32(38)39-21-25-13-11-15-27-26-14-6-5-12-24(26)20-28(25)27/h5-6,11-15,23,29-30H,7-10,16-22H2,1-4H3,(H,36,38)/t23-,29-,30-,34?,35?/m0/s1. The quantitative estimate of drug-likeness (QED) is 0.339. The van der Waals surface area contributed by atoms with Gasteiger partial charge in [0.05, 0.1) is 25.9 Å². The lowest BCUT2D eigenvalue weighted by Crippen LogP contribution is -2.69. The van der Waals surface area contributed by atoms with E-state index < -0.39 is 47.3 Å². The van der Waals surface area contributed by atoms with E-state index >= 15 is 0 Å². The minimum Gasteiger partial charge on any atom is -0.458 e. The first-order valence-electron chi connectivity index (χ1n) is 16.0. The topological polar surface area (TPSA) is 102 Å². The molecule has 2 aromatic carbocycles. The Morgan fingerprint density at radius 3 is 2.34 bits per heavy atom. The number of ether oxygens (including phenoxy) is 6. The zero-order valence-electron chi connectivity index (χ0n) is 26.3. The second kappa shape index (κ2) is 12.4. The van der Waals surface area contributed by atoms with E-state index in [2.05, 4.69) is 23.5 Å². The molecule has 3 heterocycles. The van der Waals surface area contributed by atoms with Gasteiger partial charge in [-0.2, -0.15) is 0 Å². The number of alkyl carbamates (subject to hydrolysis) is 1. The number of rotatable bonds is 6. The molecule has 0 bridgehead atoms. The molecule has 3 fully saturated rings. The minimum atomic E-state index is -1.06.